The highest BCUT2D eigenvalue weighted by Gasteiger charge is 2.26. The predicted octanol–water partition coefficient (Wildman–Crippen LogP) is 2.80. The molecule has 0 saturated heterocycles. The van der Waals surface area contributed by atoms with Crippen molar-refractivity contribution in [3.05, 3.63) is 60.2 Å². The second-order valence-electron chi connectivity index (χ2n) is 7.27. The Morgan fingerprint density at radius 1 is 1.00 bits per heavy atom. The minimum Gasteiger partial charge on any atom is -0.497 e. The molecular formula is C23H29N5O5. The van der Waals surface area contributed by atoms with Gasteiger partial charge in [0.25, 0.3) is 0 Å². The number of carboxylic acid groups (broad SMARTS) is 1. The third kappa shape index (κ3) is 9.08. The molecular weight excluding hydrogens is 426 g/mol. The van der Waals surface area contributed by atoms with Crippen LogP contribution in [0.15, 0.2) is 64.8 Å². The van der Waals surface area contributed by atoms with Gasteiger partial charge in [-0.3, -0.25) is 4.79 Å². The monoisotopic (exact) mass is 455 g/mol. The highest BCUT2D eigenvalue weighted by Crippen LogP contribution is 2.18. The van der Waals surface area contributed by atoms with Crippen LogP contribution in [0.1, 0.15) is 24.8 Å². The van der Waals surface area contributed by atoms with Gasteiger partial charge >= 0.3 is 12.0 Å². The van der Waals surface area contributed by atoms with Crippen LogP contribution in [0.4, 0.5) is 10.5 Å². The molecule has 0 radical (unpaired) electrons. The number of nitrogens with two attached hydrogens (primary N) is 1. The summed E-state index contributed by atoms with van der Waals surface area (Å²) in [5.41, 5.74) is 6.68. The van der Waals surface area contributed by atoms with Crippen molar-refractivity contribution in [2.75, 3.05) is 13.7 Å². The first kappa shape index (κ1) is 25.5. The first-order valence-electron chi connectivity index (χ1n) is 10.6. The van der Waals surface area contributed by atoms with Crippen LogP contribution in [-0.2, 0) is 16.0 Å². The smallest absolute Gasteiger partial charge is 0.360 e. The van der Waals surface area contributed by atoms with Crippen LogP contribution in [0.2, 0.25) is 0 Å². The number of carbonyl (C=O) groups is 3. The number of azo groups is 1. The summed E-state index contributed by atoms with van der Waals surface area (Å²) in [5, 5.41) is 21.9. The molecule has 2 aromatic carbocycles. The molecule has 2 aromatic rings. The van der Waals surface area contributed by atoms with E-state index in [4.69, 9.17) is 10.5 Å². The van der Waals surface area contributed by atoms with E-state index in [0.717, 1.165) is 5.56 Å². The molecule has 10 nitrogen and oxygen atoms in total. The van der Waals surface area contributed by atoms with E-state index in [-0.39, 0.29) is 12.8 Å². The molecule has 0 saturated carbocycles. The van der Waals surface area contributed by atoms with Crippen LogP contribution in [0.3, 0.4) is 0 Å². The molecule has 0 spiro atoms. The van der Waals surface area contributed by atoms with E-state index in [1.54, 1.807) is 36.4 Å². The van der Waals surface area contributed by atoms with Crippen LogP contribution < -0.4 is 21.1 Å². The molecule has 2 rings (SSSR count). The highest BCUT2D eigenvalue weighted by atomic mass is 16.5. The first-order valence-corrected chi connectivity index (χ1v) is 10.6. The SMILES string of the molecule is COc1ccc(N=NC(=O)NC(Cc2ccccc2)C(=O)NC(CCCCN)C(=O)O)cc1. The summed E-state index contributed by atoms with van der Waals surface area (Å²) >= 11 is 0. The Hall–Kier alpha value is -3.79. The van der Waals surface area contributed by atoms with E-state index < -0.39 is 30.0 Å². The third-order valence-electron chi connectivity index (χ3n) is 4.79. The minimum atomic E-state index is -1.15. The van der Waals surface area contributed by atoms with Gasteiger partial charge in [-0.1, -0.05) is 35.4 Å². The lowest BCUT2D eigenvalue weighted by Crippen LogP contribution is -2.52. The molecule has 3 amide bonds. The lowest BCUT2D eigenvalue weighted by atomic mass is 10.0. The highest BCUT2D eigenvalue weighted by molar-refractivity contribution is 5.90. The van der Waals surface area contributed by atoms with Crippen molar-refractivity contribution < 1.29 is 24.2 Å². The third-order valence-corrected chi connectivity index (χ3v) is 4.79. The second kappa shape index (κ2) is 13.6. The number of amides is 3. The van der Waals surface area contributed by atoms with E-state index in [9.17, 15) is 19.5 Å². The fourth-order valence-electron chi connectivity index (χ4n) is 3.01. The van der Waals surface area contributed by atoms with Crippen LogP contribution >= 0.6 is 0 Å². The number of hydrogen-bond donors (Lipinski definition) is 4. The van der Waals surface area contributed by atoms with E-state index in [0.29, 0.717) is 30.8 Å². The maximum atomic E-state index is 12.9. The molecule has 0 fully saturated rings. The zero-order chi connectivity index (χ0) is 24.1. The van der Waals surface area contributed by atoms with Gasteiger partial charge in [-0.15, -0.1) is 5.11 Å². The molecule has 0 heterocycles. The average Bonchev–Trinajstić information content (AvgIpc) is 2.82. The molecule has 0 aliphatic rings. The van der Waals surface area contributed by atoms with E-state index in [2.05, 4.69) is 20.9 Å². The number of benzene rings is 2. The van der Waals surface area contributed by atoms with Gasteiger partial charge in [0.15, 0.2) is 0 Å². The number of ether oxygens (including phenoxy) is 1. The minimum absolute atomic E-state index is 0.158. The number of nitrogens with zero attached hydrogens (tertiary/aromatic N) is 2. The zero-order valence-corrected chi connectivity index (χ0v) is 18.4. The lowest BCUT2D eigenvalue weighted by Gasteiger charge is -2.20. The Bertz CT molecular complexity index is 934. The average molecular weight is 456 g/mol. The normalized spacial score (nSPS) is 12.7. The molecule has 176 valence electrons. The molecule has 0 aliphatic carbocycles. The van der Waals surface area contributed by atoms with Gasteiger partial charge < -0.3 is 26.2 Å². The number of nitrogens with one attached hydrogen (secondary N) is 2. The van der Waals surface area contributed by atoms with Crippen molar-refractivity contribution in [3.63, 3.8) is 0 Å². The predicted molar refractivity (Wildman–Crippen MR) is 122 cm³/mol. The number of aliphatic carboxylic acids is 1. The molecule has 0 aliphatic heterocycles. The van der Waals surface area contributed by atoms with Crippen LogP contribution in [-0.4, -0.2) is 48.8 Å². The van der Waals surface area contributed by atoms with Crippen molar-refractivity contribution >= 4 is 23.6 Å². The maximum Gasteiger partial charge on any atom is 0.360 e. The first-order chi connectivity index (χ1) is 15.9. The van der Waals surface area contributed by atoms with Gasteiger partial charge in [0.1, 0.15) is 17.8 Å². The van der Waals surface area contributed by atoms with Gasteiger partial charge in [-0.25, -0.2) is 9.59 Å². The van der Waals surface area contributed by atoms with Gasteiger partial charge in [-0.05, 0) is 55.6 Å². The Morgan fingerprint density at radius 3 is 2.30 bits per heavy atom. The number of rotatable bonds is 12. The lowest BCUT2D eigenvalue weighted by molar-refractivity contribution is -0.142. The summed E-state index contributed by atoms with van der Waals surface area (Å²) in [6.07, 6.45) is 1.60. The quantitative estimate of drug-likeness (QED) is 0.285. The van der Waals surface area contributed by atoms with Gasteiger partial charge in [-0.2, -0.15) is 0 Å². The molecule has 33 heavy (non-hydrogen) atoms. The molecule has 2 unspecified atom stereocenters. The van der Waals surface area contributed by atoms with Crippen LogP contribution in [0.5, 0.6) is 5.75 Å². The molecule has 10 heteroatoms. The Morgan fingerprint density at radius 2 is 1.70 bits per heavy atom. The topological polar surface area (TPSA) is 155 Å². The van der Waals surface area contributed by atoms with Crippen LogP contribution in [0.25, 0.3) is 0 Å². The molecule has 2 atom stereocenters. The number of unbranched alkanes of at least 4 members (excludes halogenated alkanes) is 1. The fourth-order valence-corrected chi connectivity index (χ4v) is 3.01. The van der Waals surface area contributed by atoms with E-state index in [1.807, 2.05) is 18.2 Å². The Labute approximate surface area is 192 Å². The number of carboxylic acids is 1. The zero-order valence-electron chi connectivity index (χ0n) is 18.4. The Balaban J connectivity index is 2.09. The van der Waals surface area contributed by atoms with Crippen molar-refractivity contribution in [3.8, 4) is 5.75 Å². The number of hydrogen-bond acceptors (Lipinski definition) is 6. The van der Waals surface area contributed by atoms with Gasteiger partial charge in [0.05, 0.1) is 12.8 Å². The number of carbonyl (C=O) groups excluding carboxylic acids is 2. The van der Waals surface area contributed by atoms with E-state index >= 15 is 0 Å². The number of methoxy groups -OCH3 is 1. The van der Waals surface area contributed by atoms with Gasteiger partial charge in [0.2, 0.25) is 5.91 Å². The van der Waals surface area contributed by atoms with Gasteiger partial charge in [0, 0.05) is 6.42 Å². The molecule has 0 bridgehead atoms. The standard InChI is InChI=1S/C23H29N5O5/c1-33-18-12-10-17(11-13-18)27-28-23(32)26-20(15-16-7-3-2-4-8-16)21(29)25-19(22(30)31)9-5-6-14-24/h2-4,7-8,10-13,19-20H,5-6,9,14-15,24H2,1H3,(H,25,29)(H,26,32)(H,30,31). The molecule has 5 N–H and O–H groups in total. The number of urea groups is 1. The summed E-state index contributed by atoms with van der Waals surface area (Å²) in [5.74, 6) is -1.13. The van der Waals surface area contributed by atoms with Crippen molar-refractivity contribution in [1.29, 1.82) is 0 Å². The molecule has 0 aromatic heterocycles. The van der Waals surface area contributed by atoms with Crippen LogP contribution in [0, 0.1) is 0 Å². The second-order valence-corrected chi connectivity index (χ2v) is 7.27. The summed E-state index contributed by atoms with van der Waals surface area (Å²) in [7, 11) is 1.54. The summed E-state index contributed by atoms with van der Waals surface area (Å²) in [6.45, 7) is 0.437. The van der Waals surface area contributed by atoms with Crippen molar-refractivity contribution in [2.45, 2.75) is 37.8 Å². The largest absolute Gasteiger partial charge is 0.497 e. The summed E-state index contributed by atoms with van der Waals surface area (Å²) < 4.78 is 5.07. The summed E-state index contributed by atoms with van der Waals surface area (Å²) in [4.78, 5) is 36.8. The summed E-state index contributed by atoms with van der Waals surface area (Å²) in [6, 6.07) is 12.7. The fraction of sp³-hybridized carbons (Fsp3) is 0.348. The van der Waals surface area contributed by atoms with Crippen molar-refractivity contribution in [1.82, 2.24) is 10.6 Å². The van der Waals surface area contributed by atoms with E-state index in [1.165, 1.54) is 7.11 Å². The van der Waals surface area contributed by atoms with Crippen molar-refractivity contribution in [2.24, 2.45) is 16.0 Å². The maximum absolute atomic E-state index is 12.9. The Kier molecular flexibility index (Phi) is 10.5.